The molecule has 0 saturated heterocycles. The third-order valence-electron chi connectivity index (χ3n) is 3.46. The standard InChI is InChI=1S/C15H20N2O4S/c1-15(2,3)13(19)17-12-10(11(18)16-14(20)21-4)8-6-5-7-9(8)22-12/h5-7H2,1-4H3,(H,17,19)(H,16,18,20). The Morgan fingerprint density at radius 2 is 1.86 bits per heavy atom. The van der Waals surface area contributed by atoms with Gasteiger partial charge in [0.05, 0.1) is 12.7 Å². The normalized spacial score (nSPS) is 13.5. The van der Waals surface area contributed by atoms with Crippen LogP contribution in [-0.2, 0) is 22.4 Å². The molecule has 0 bridgehead atoms. The van der Waals surface area contributed by atoms with E-state index in [1.54, 1.807) is 20.8 Å². The number of hydrogen-bond donors (Lipinski definition) is 2. The number of nitrogens with one attached hydrogen (secondary N) is 2. The first-order valence-corrected chi connectivity index (χ1v) is 7.91. The number of carbonyl (C=O) groups is 3. The summed E-state index contributed by atoms with van der Waals surface area (Å²) in [4.78, 5) is 36.9. The smallest absolute Gasteiger partial charge is 0.413 e. The van der Waals surface area contributed by atoms with E-state index in [1.807, 2.05) is 0 Å². The molecule has 1 aromatic heterocycles. The Labute approximate surface area is 133 Å². The Bertz CT molecular complexity index is 628. The van der Waals surface area contributed by atoms with Gasteiger partial charge in [-0.05, 0) is 24.8 Å². The summed E-state index contributed by atoms with van der Waals surface area (Å²) in [5.41, 5.74) is 0.751. The van der Waals surface area contributed by atoms with Crippen molar-refractivity contribution in [2.45, 2.75) is 40.0 Å². The number of methoxy groups -OCH3 is 1. The van der Waals surface area contributed by atoms with Crippen LogP contribution in [0.5, 0.6) is 0 Å². The fourth-order valence-corrected chi connectivity index (χ4v) is 3.51. The largest absolute Gasteiger partial charge is 0.453 e. The highest BCUT2D eigenvalue weighted by Crippen LogP contribution is 2.39. The zero-order valence-electron chi connectivity index (χ0n) is 13.2. The van der Waals surface area contributed by atoms with E-state index in [9.17, 15) is 14.4 Å². The number of aryl methyl sites for hydroxylation is 1. The molecule has 0 radical (unpaired) electrons. The molecule has 7 heteroatoms. The third-order valence-corrected chi connectivity index (χ3v) is 4.66. The molecule has 0 saturated carbocycles. The van der Waals surface area contributed by atoms with Crippen LogP contribution in [0.4, 0.5) is 9.80 Å². The van der Waals surface area contributed by atoms with Crippen LogP contribution >= 0.6 is 11.3 Å². The molecular weight excluding hydrogens is 304 g/mol. The van der Waals surface area contributed by atoms with Gasteiger partial charge in [-0.1, -0.05) is 20.8 Å². The van der Waals surface area contributed by atoms with Gasteiger partial charge in [-0.3, -0.25) is 14.9 Å². The molecule has 2 N–H and O–H groups in total. The number of thiophene rings is 1. The van der Waals surface area contributed by atoms with Gasteiger partial charge in [-0.25, -0.2) is 4.79 Å². The highest BCUT2D eigenvalue weighted by molar-refractivity contribution is 7.17. The predicted octanol–water partition coefficient (Wildman–Crippen LogP) is 2.72. The maximum absolute atomic E-state index is 12.3. The van der Waals surface area contributed by atoms with Crippen molar-refractivity contribution < 1.29 is 19.1 Å². The second kappa shape index (κ2) is 6.08. The van der Waals surface area contributed by atoms with Crippen molar-refractivity contribution >= 4 is 34.2 Å². The number of hydrogen-bond acceptors (Lipinski definition) is 5. The van der Waals surface area contributed by atoms with Crippen LogP contribution < -0.4 is 10.6 Å². The first-order chi connectivity index (χ1) is 10.2. The molecule has 0 atom stereocenters. The molecule has 6 nitrogen and oxygen atoms in total. The molecule has 1 aromatic rings. The second-order valence-corrected chi connectivity index (χ2v) is 7.32. The Morgan fingerprint density at radius 3 is 2.45 bits per heavy atom. The maximum Gasteiger partial charge on any atom is 0.413 e. The Kier molecular flexibility index (Phi) is 4.55. The first kappa shape index (κ1) is 16.5. The van der Waals surface area contributed by atoms with Crippen molar-refractivity contribution in [3.05, 3.63) is 16.0 Å². The van der Waals surface area contributed by atoms with Gasteiger partial charge in [0, 0.05) is 10.3 Å². The number of ether oxygens (including phenoxy) is 1. The van der Waals surface area contributed by atoms with E-state index in [2.05, 4.69) is 15.4 Å². The number of amides is 3. The number of fused-ring (bicyclic) bond motifs is 1. The van der Waals surface area contributed by atoms with Gasteiger partial charge < -0.3 is 10.1 Å². The quantitative estimate of drug-likeness (QED) is 0.876. The van der Waals surface area contributed by atoms with Crippen LogP contribution in [0.2, 0.25) is 0 Å². The van der Waals surface area contributed by atoms with Gasteiger partial charge in [0.15, 0.2) is 0 Å². The van der Waals surface area contributed by atoms with Crippen LogP contribution in [-0.4, -0.2) is 25.0 Å². The van der Waals surface area contributed by atoms with Crippen LogP contribution in [0.1, 0.15) is 48.0 Å². The van der Waals surface area contributed by atoms with Crippen molar-refractivity contribution in [3.8, 4) is 0 Å². The summed E-state index contributed by atoms with van der Waals surface area (Å²) in [6, 6.07) is 0. The van der Waals surface area contributed by atoms with E-state index in [4.69, 9.17) is 0 Å². The summed E-state index contributed by atoms with van der Waals surface area (Å²) in [5, 5.41) is 5.49. The van der Waals surface area contributed by atoms with Gasteiger partial charge in [-0.15, -0.1) is 11.3 Å². The summed E-state index contributed by atoms with van der Waals surface area (Å²) < 4.78 is 4.46. The predicted molar refractivity (Wildman–Crippen MR) is 84.3 cm³/mol. The lowest BCUT2D eigenvalue weighted by atomic mass is 9.95. The highest BCUT2D eigenvalue weighted by atomic mass is 32.1. The van der Waals surface area contributed by atoms with Crippen molar-refractivity contribution in [2.24, 2.45) is 5.41 Å². The molecule has 22 heavy (non-hydrogen) atoms. The highest BCUT2D eigenvalue weighted by Gasteiger charge is 2.30. The van der Waals surface area contributed by atoms with E-state index in [1.165, 1.54) is 18.4 Å². The zero-order valence-corrected chi connectivity index (χ0v) is 14.0. The number of alkyl carbamates (subject to hydrolysis) is 1. The van der Waals surface area contributed by atoms with Crippen molar-refractivity contribution in [1.29, 1.82) is 0 Å². The monoisotopic (exact) mass is 324 g/mol. The Balaban J connectivity index is 2.33. The Morgan fingerprint density at radius 1 is 1.18 bits per heavy atom. The zero-order chi connectivity index (χ0) is 16.5. The molecule has 1 aliphatic carbocycles. The third kappa shape index (κ3) is 3.30. The maximum atomic E-state index is 12.3. The van der Waals surface area contributed by atoms with Crippen molar-refractivity contribution in [1.82, 2.24) is 5.32 Å². The number of imide groups is 1. The molecule has 0 unspecified atom stereocenters. The minimum atomic E-state index is -0.809. The van der Waals surface area contributed by atoms with Crippen LogP contribution in [0, 0.1) is 5.41 Å². The van der Waals surface area contributed by atoms with E-state index in [0.29, 0.717) is 10.6 Å². The lowest BCUT2D eigenvalue weighted by molar-refractivity contribution is -0.123. The lowest BCUT2D eigenvalue weighted by Gasteiger charge is -2.17. The molecule has 1 heterocycles. The molecule has 0 fully saturated rings. The molecule has 3 amide bonds. The van der Waals surface area contributed by atoms with Gasteiger partial charge in [0.25, 0.3) is 5.91 Å². The molecular formula is C15H20N2O4S. The average Bonchev–Trinajstić information content (AvgIpc) is 2.97. The first-order valence-electron chi connectivity index (χ1n) is 7.09. The summed E-state index contributed by atoms with van der Waals surface area (Å²) >= 11 is 1.41. The van der Waals surface area contributed by atoms with Gasteiger partial charge in [-0.2, -0.15) is 0 Å². The van der Waals surface area contributed by atoms with E-state index in [-0.39, 0.29) is 5.91 Å². The number of anilines is 1. The fourth-order valence-electron chi connectivity index (χ4n) is 2.23. The minimum Gasteiger partial charge on any atom is -0.453 e. The average molecular weight is 324 g/mol. The molecule has 1 aliphatic rings. The fraction of sp³-hybridized carbons (Fsp3) is 0.533. The SMILES string of the molecule is COC(=O)NC(=O)c1c(NC(=O)C(C)(C)C)sc2c1CCC2. The molecule has 0 aromatic carbocycles. The van der Waals surface area contributed by atoms with Crippen LogP contribution in [0.3, 0.4) is 0 Å². The minimum absolute atomic E-state index is 0.167. The van der Waals surface area contributed by atoms with Crippen LogP contribution in [0.25, 0.3) is 0 Å². The summed E-state index contributed by atoms with van der Waals surface area (Å²) in [5.74, 6) is -0.699. The summed E-state index contributed by atoms with van der Waals surface area (Å²) in [7, 11) is 1.20. The summed E-state index contributed by atoms with van der Waals surface area (Å²) in [6.45, 7) is 5.41. The van der Waals surface area contributed by atoms with Crippen molar-refractivity contribution in [3.63, 3.8) is 0 Å². The van der Waals surface area contributed by atoms with Gasteiger partial charge >= 0.3 is 6.09 Å². The molecule has 2 rings (SSSR count). The molecule has 120 valence electrons. The second-order valence-electron chi connectivity index (χ2n) is 6.21. The van der Waals surface area contributed by atoms with Crippen molar-refractivity contribution in [2.75, 3.05) is 12.4 Å². The number of carbonyl (C=O) groups excluding carboxylic acids is 3. The summed E-state index contributed by atoms with van der Waals surface area (Å²) in [6.07, 6.45) is 1.84. The van der Waals surface area contributed by atoms with Gasteiger partial charge in [0.1, 0.15) is 5.00 Å². The number of rotatable bonds is 2. The van der Waals surface area contributed by atoms with Gasteiger partial charge in [0.2, 0.25) is 5.91 Å². The topological polar surface area (TPSA) is 84.5 Å². The van der Waals surface area contributed by atoms with E-state index in [0.717, 1.165) is 29.7 Å². The van der Waals surface area contributed by atoms with E-state index < -0.39 is 17.4 Å². The Hall–Kier alpha value is -1.89. The van der Waals surface area contributed by atoms with Crippen LogP contribution in [0.15, 0.2) is 0 Å². The lowest BCUT2D eigenvalue weighted by Crippen LogP contribution is -2.32. The molecule has 0 spiro atoms. The molecule has 0 aliphatic heterocycles. The van der Waals surface area contributed by atoms with E-state index >= 15 is 0 Å².